The van der Waals surface area contributed by atoms with Crippen LogP contribution in [0, 0.1) is 0 Å². The van der Waals surface area contributed by atoms with E-state index >= 15 is 0 Å². The average Bonchev–Trinajstić information content (AvgIpc) is 2.55. The van der Waals surface area contributed by atoms with E-state index in [0.717, 1.165) is 13.1 Å². The minimum Gasteiger partial charge on any atom is -0.387 e. The Bertz CT molecular complexity index is 538. The highest BCUT2D eigenvalue weighted by Gasteiger charge is 2.58. The van der Waals surface area contributed by atoms with E-state index in [2.05, 4.69) is 4.98 Å². The fraction of sp³-hybridized carbons (Fsp3) is 0.600. The van der Waals surface area contributed by atoms with Crippen LogP contribution in [0.4, 0.5) is 19.0 Å². The molecule has 6 nitrogen and oxygen atoms in total. The van der Waals surface area contributed by atoms with Gasteiger partial charge in [-0.15, -0.1) is 0 Å². The third-order valence-electron chi connectivity index (χ3n) is 3.09. The molecule has 0 bridgehead atoms. The van der Waals surface area contributed by atoms with E-state index in [1.54, 1.807) is 0 Å². The van der Waals surface area contributed by atoms with Crippen LogP contribution in [0.25, 0.3) is 0 Å². The fourth-order valence-electron chi connectivity index (χ4n) is 1.88. The van der Waals surface area contributed by atoms with Crippen molar-refractivity contribution in [2.24, 2.45) is 0 Å². The van der Waals surface area contributed by atoms with E-state index in [0.29, 0.717) is 4.57 Å². The van der Waals surface area contributed by atoms with Crippen LogP contribution in [0.3, 0.4) is 0 Å². The first kappa shape index (κ1) is 13.8. The summed E-state index contributed by atoms with van der Waals surface area (Å²) in [5.74, 6) is -0.0909. The van der Waals surface area contributed by atoms with Gasteiger partial charge in [0.25, 0.3) is 6.43 Å². The summed E-state index contributed by atoms with van der Waals surface area (Å²) >= 11 is 0. The highest BCUT2D eigenvalue weighted by molar-refractivity contribution is 5.23. The highest BCUT2D eigenvalue weighted by Crippen LogP contribution is 2.41. The number of nitrogens with two attached hydrogens (primary N) is 1. The summed E-state index contributed by atoms with van der Waals surface area (Å²) < 4.78 is 45.1. The molecule has 106 valence electrons. The third kappa shape index (κ3) is 2.08. The molecular weight excluding hydrogens is 267 g/mol. The number of hydrogen-bond acceptors (Lipinski definition) is 5. The van der Waals surface area contributed by atoms with Gasteiger partial charge in [0.1, 0.15) is 11.9 Å². The molecule has 2 rings (SSSR count). The molecule has 1 saturated heterocycles. The van der Waals surface area contributed by atoms with Crippen LogP contribution in [0.5, 0.6) is 0 Å². The van der Waals surface area contributed by atoms with Gasteiger partial charge in [-0.25, -0.2) is 18.0 Å². The third-order valence-corrected chi connectivity index (χ3v) is 3.09. The van der Waals surface area contributed by atoms with Crippen molar-refractivity contribution >= 4 is 5.82 Å². The predicted molar refractivity (Wildman–Crippen MR) is 58.3 cm³/mol. The number of hydrogen-bond donors (Lipinski definition) is 2. The lowest BCUT2D eigenvalue weighted by molar-refractivity contribution is -0.167. The molecule has 0 spiro atoms. The minimum atomic E-state index is -3.11. The number of nitrogen functional groups attached to an aromatic ring is 1. The van der Waals surface area contributed by atoms with Gasteiger partial charge in [0.2, 0.25) is 0 Å². The molecule has 1 aliphatic heterocycles. The molecule has 1 fully saturated rings. The second-order valence-corrected chi connectivity index (χ2v) is 4.42. The van der Waals surface area contributed by atoms with Crippen LogP contribution in [0.1, 0.15) is 13.2 Å². The summed E-state index contributed by atoms with van der Waals surface area (Å²) in [4.78, 5) is 14.9. The zero-order valence-electron chi connectivity index (χ0n) is 9.83. The molecule has 4 atom stereocenters. The fourth-order valence-corrected chi connectivity index (χ4v) is 1.88. The molecule has 1 aliphatic rings. The van der Waals surface area contributed by atoms with Crippen molar-refractivity contribution in [3.8, 4) is 0 Å². The number of alkyl halides is 3. The number of aliphatic hydroxyl groups is 1. The molecule has 19 heavy (non-hydrogen) atoms. The Balaban J connectivity index is 2.40. The lowest BCUT2D eigenvalue weighted by Gasteiger charge is -2.25. The Morgan fingerprint density at radius 2 is 2.26 bits per heavy atom. The van der Waals surface area contributed by atoms with E-state index in [-0.39, 0.29) is 5.82 Å². The van der Waals surface area contributed by atoms with Crippen molar-refractivity contribution in [2.45, 2.75) is 37.5 Å². The number of anilines is 1. The van der Waals surface area contributed by atoms with Crippen molar-refractivity contribution in [1.29, 1.82) is 0 Å². The highest BCUT2D eigenvalue weighted by atomic mass is 19.3. The quantitative estimate of drug-likeness (QED) is 0.800. The Labute approximate surface area is 105 Å². The van der Waals surface area contributed by atoms with Crippen molar-refractivity contribution < 1.29 is 23.0 Å². The maximum absolute atomic E-state index is 13.9. The molecule has 0 amide bonds. The molecule has 0 aromatic carbocycles. The number of rotatable bonds is 2. The Kier molecular flexibility index (Phi) is 3.27. The first-order valence-electron chi connectivity index (χ1n) is 5.40. The smallest absolute Gasteiger partial charge is 0.351 e. The number of halogens is 3. The zero-order chi connectivity index (χ0) is 14.4. The summed E-state index contributed by atoms with van der Waals surface area (Å²) in [7, 11) is 0. The summed E-state index contributed by atoms with van der Waals surface area (Å²) in [6.07, 6.45) is -7.94. The number of nitrogens with zero attached hydrogens (tertiary/aromatic N) is 2. The van der Waals surface area contributed by atoms with E-state index in [1.165, 1.54) is 6.07 Å². The molecular formula is C10H12F3N3O3. The van der Waals surface area contributed by atoms with Crippen molar-refractivity contribution in [3.63, 3.8) is 0 Å². The molecule has 0 radical (unpaired) electrons. The Morgan fingerprint density at radius 3 is 2.74 bits per heavy atom. The van der Waals surface area contributed by atoms with Gasteiger partial charge in [-0.05, 0) is 13.0 Å². The molecule has 2 heterocycles. The average molecular weight is 279 g/mol. The van der Waals surface area contributed by atoms with Gasteiger partial charge in [-0.3, -0.25) is 4.57 Å². The Hall–Kier alpha value is -1.61. The predicted octanol–water partition coefficient (Wildman–Crippen LogP) is 0.0771. The van der Waals surface area contributed by atoms with E-state index in [4.69, 9.17) is 10.5 Å². The van der Waals surface area contributed by atoms with Crippen LogP contribution < -0.4 is 11.4 Å². The summed E-state index contributed by atoms with van der Waals surface area (Å²) in [5, 5.41) is 9.52. The van der Waals surface area contributed by atoms with Crippen LogP contribution in [0.2, 0.25) is 0 Å². The molecule has 3 N–H and O–H groups in total. The number of aromatic nitrogens is 2. The largest absolute Gasteiger partial charge is 0.387 e. The second kappa shape index (κ2) is 4.49. The standard InChI is InChI=1S/C10H12F3N3O3/c1-10(8(12)13)6(17)5(11)7(19-10)16-3-2-4(14)15-9(16)18/h2-3,5-8,17H,1H3,(H2,14,15,18)/t5?,6-,7?,10+/m0/s1. The van der Waals surface area contributed by atoms with E-state index in [9.17, 15) is 23.1 Å². The van der Waals surface area contributed by atoms with Crippen molar-refractivity contribution in [2.75, 3.05) is 5.73 Å². The van der Waals surface area contributed by atoms with Crippen LogP contribution in [0.15, 0.2) is 17.1 Å². The molecule has 9 heteroatoms. The molecule has 1 aromatic heterocycles. The van der Waals surface area contributed by atoms with Gasteiger partial charge in [0.15, 0.2) is 18.0 Å². The lowest BCUT2D eigenvalue weighted by atomic mass is 9.99. The van der Waals surface area contributed by atoms with E-state index in [1.807, 2.05) is 0 Å². The molecule has 2 unspecified atom stereocenters. The Morgan fingerprint density at radius 1 is 1.63 bits per heavy atom. The van der Waals surface area contributed by atoms with E-state index < -0.39 is 36.2 Å². The topological polar surface area (TPSA) is 90.4 Å². The summed E-state index contributed by atoms with van der Waals surface area (Å²) in [6.45, 7) is 0.880. The number of ether oxygens (including phenoxy) is 1. The van der Waals surface area contributed by atoms with Crippen LogP contribution in [-0.4, -0.2) is 39.0 Å². The van der Waals surface area contributed by atoms with Crippen molar-refractivity contribution in [3.05, 3.63) is 22.7 Å². The van der Waals surface area contributed by atoms with Gasteiger partial charge in [-0.2, -0.15) is 4.98 Å². The van der Waals surface area contributed by atoms with Gasteiger partial charge >= 0.3 is 5.69 Å². The van der Waals surface area contributed by atoms with Gasteiger partial charge in [-0.1, -0.05) is 0 Å². The monoisotopic (exact) mass is 279 g/mol. The normalized spacial score (nSPS) is 34.9. The van der Waals surface area contributed by atoms with Gasteiger partial charge < -0.3 is 15.6 Å². The number of aliphatic hydroxyl groups excluding tert-OH is 1. The van der Waals surface area contributed by atoms with Gasteiger partial charge in [0, 0.05) is 6.20 Å². The van der Waals surface area contributed by atoms with Crippen LogP contribution in [-0.2, 0) is 4.74 Å². The molecule has 0 aliphatic carbocycles. The maximum atomic E-state index is 13.9. The zero-order valence-corrected chi connectivity index (χ0v) is 9.83. The summed E-state index contributed by atoms with van der Waals surface area (Å²) in [5.41, 5.74) is 1.93. The van der Waals surface area contributed by atoms with Crippen molar-refractivity contribution in [1.82, 2.24) is 9.55 Å². The first-order valence-corrected chi connectivity index (χ1v) is 5.40. The van der Waals surface area contributed by atoms with Crippen LogP contribution >= 0.6 is 0 Å². The lowest BCUT2D eigenvalue weighted by Crippen LogP contribution is -2.45. The molecule has 0 saturated carbocycles. The van der Waals surface area contributed by atoms with Gasteiger partial charge in [0.05, 0.1) is 0 Å². The SMILES string of the molecule is C[C@@]1(C(F)F)OC(n2ccc(N)nc2=O)C(F)[C@@H]1O. The first-order chi connectivity index (χ1) is 8.77. The minimum absolute atomic E-state index is 0.0909. The second-order valence-electron chi connectivity index (χ2n) is 4.42. The maximum Gasteiger partial charge on any atom is 0.351 e. The molecule has 1 aromatic rings. The summed E-state index contributed by atoms with van der Waals surface area (Å²) in [6, 6.07) is 1.20.